The van der Waals surface area contributed by atoms with Crippen molar-refractivity contribution in [3.05, 3.63) is 59.8 Å². The second kappa shape index (κ2) is 5.49. The summed E-state index contributed by atoms with van der Waals surface area (Å²) in [6.45, 7) is 1.93. The van der Waals surface area contributed by atoms with Gasteiger partial charge in [-0.15, -0.1) is 0 Å². The molecule has 0 saturated carbocycles. The molecule has 0 radical (unpaired) electrons. The van der Waals surface area contributed by atoms with Crippen molar-refractivity contribution in [3.8, 4) is 28.4 Å². The number of hydrogen-bond acceptors (Lipinski definition) is 4. The van der Waals surface area contributed by atoms with Gasteiger partial charge in [0.2, 0.25) is 0 Å². The van der Waals surface area contributed by atoms with Gasteiger partial charge >= 0.3 is 0 Å². The molecule has 0 aliphatic rings. The van der Waals surface area contributed by atoms with Crippen LogP contribution in [0.1, 0.15) is 16.1 Å². The Morgan fingerprint density at radius 3 is 2.57 bits per heavy atom. The molecule has 0 aliphatic carbocycles. The summed E-state index contributed by atoms with van der Waals surface area (Å²) in [6.07, 6.45) is 0. The summed E-state index contributed by atoms with van der Waals surface area (Å²) in [4.78, 5) is 11.7. The third-order valence-corrected chi connectivity index (χ3v) is 3.47. The maximum Gasteiger partial charge on any atom is 0.267 e. The number of aromatic hydroxyl groups is 2. The summed E-state index contributed by atoms with van der Waals surface area (Å²) in [5.74, 6) is -0.807. The number of amides is 1. The van der Waals surface area contributed by atoms with E-state index in [1.165, 1.54) is 28.9 Å². The normalized spacial score (nSPS) is 10.7. The molecule has 1 aromatic heterocycles. The standard InChI is InChI=1S/C17H15N3O3/c1-10-3-2-4-11(7-10)20-15(17(18)23)9-14(19-20)13-6-5-12(21)8-16(13)22/h2-9,21-22H,1H3,(H2,18,23). The van der Waals surface area contributed by atoms with E-state index in [0.29, 0.717) is 16.9 Å². The van der Waals surface area contributed by atoms with Crippen LogP contribution < -0.4 is 5.73 Å². The second-order valence-corrected chi connectivity index (χ2v) is 5.23. The Morgan fingerprint density at radius 1 is 1.13 bits per heavy atom. The van der Waals surface area contributed by atoms with Crippen molar-refractivity contribution >= 4 is 5.91 Å². The van der Waals surface area contributed by atoms with Gasteiger partial charge in [-0.1, -0.05) is 12.1 Å². The summed E-state index contributed by atoms with van der Waals surface area (Å²) in [5.41, 5.74) is 8.15. The Balaban J connectivity index is 2.18. The monoisotopic (exact) mass is 309 g/mol. The van der Waals surface area contributed by atoms with Gasteiger partial charge < -0.3 is 15.9 Å². The van der Waals surface area contributed by atoms with Crippen molar-refractivity contribution in [2.24, 2.45) is 5.73 Å². The lowest BCUT2D eigenvalue weighted by molar-refractivity contribution is 0.0993. The van der Waals surface area contributed by atoms with E-state index in [0.717, 1.165) is 5.56 Å². The van der Waals surface area contributed by atoms with Crippen LogP contribution in [0, 0.1) is 6.92 Å². The van der Waals surface area contributed by atoms with E-state index in [4.69, 9.17) is 5.73 Å². The van der Waals surface area contributed by atoms with E-state index in [2.05, 4.69) is 5.10 Å². The molecule has 0 fully saturated rings. The van der Waals surface area contributed by atoms with E-state index in [-0.39, 0.29) is 17.2 Å². The number of primary amides is 1. The van der Waals surface area contributed by atoms with Crippen LogP contribution in [-0.2, 0) is 0 Å². The molecule has 4 N–H and O–H groups in total. The van der Waals surface area contributed by atoms with Gasteiger partial charge in [0.15, 0.2) is 0 Å². The molecule has 1 amide bonds. The number of aromatic nitrogens is 2. The third-order valence-electron chi connectivity index (χ3n) is 3.47. The molecule has 0 spiro atoms. The van der Waals surface area contributed by atoms with Crippen LogP contribution in [0.25, 0.3) is 16.9 Å². The van der Waals surface area contributed by atoms with Crippen LogP contribution in [0.2, 0.25) is 0 Å². The van der Waals surface area contributed by atoms with Crippen molar-refractivity contribution < 1.29 is 15.0 Å². The molecular weight excluding hydrogens is 294 g/mol. The fraction of sp³-hybridized carbons (Fsp3) is 0.0588. The lowest BCUT2D eigenvalue weighted by Gasteiger charge is -2.06. The average molecular weight is 309 g/mol. The number of phenolic OH excluding ortho intramolecular Hbond substituents is 2. The number of phenols is 2. The third kappa shape index (κ3) is 2.74. The fourth-order valence-corrected chi connectivity index (χ4v) is 2.38. The second-order valence-electron chi connectivity index (χ2n) is 5.23. The van der Waals surface area contributed by atoms with Gasteiger partial charge in [-0.25, -0.2) is 4.68 Å². The van der Waals surface area contributed by atoms with Crippen molar-refractivity contribution in [2.45, 2.75) is 6.92 Å². The summed E-state index contributed by atoms with van der Waals surface area (Å²) in [5, 5.41) is 23.7. The topological polar surface area (TPSA) is 101 Å². The van der Waals surface area contributed by atoms with Gasteiger partial charge in [-0.05, 0) is 42.8 Å². The lowest BCUT2D eigenvalue weighted by atomic mass is 10.1. The minimum atomic E-state index is -0.622. The largest absolute Gasteiger partial charge is 0.508 e. The predicted molar refractivity (Wildman–Crippen MR) is 85.6 cm³/mol. The number of rotatable bonds is 3. The highest BCUT2D eigenvalue weighted by atomic mass is 16.3. The minimum Gasteiger partial charge on any atom is -0.508 e. The zero-order valence-electron chi connectivity index (χ0n) is 12.4. The van der Waals surface area contributed by atoms with Gasteiger partial charge in [0.05, 0.1) is 11.4 Å². The molecule has 0 aliphatic heterocycles. The Hall–Kier alpha value is -3.28. The fourth-order valence-electron chi connectivity index (χ4n) is 2.38. The number of nitrogens with zero attached hydrogens (tertiary/aromatic N) is 2. The Labute approximate surface area is 132 Å². The molecule has 2 aromatic carbocycles. The molecule has 3 aromatic rings. The van der Waals surface area contributed by atoms with Crippen LogP contribution in [0.3, 0.4) is 0 Å². The first-order valence-electron chi connectivity index (χ1n) is 6.95. The van der Waals surface area contributed by atoms with Gasteiger partial charge in [0.25, 0.3) is 5.91 Å². The summed E-state index contributed by atoms with van der Waals surface area (Å²) in [6, 6.07) is 13.2. The Morgan fingerprint density at radius 2 is 1.91 bits per heavy atom. The number of carbonyl (C=O) groups is 1. The lowest BCUT2D eigenvalue weighted by Crippen LogP contribution is -2.16. The zero-order chi connectivity index (χ0) is 16.6. The number of benzene rings is 2. The van der Waals surface area contributed by atoms with Crippen LogP contribution in [0.15, 0.2) is 48.5 Å². The predicted octanol–water partition coefficient (Wildman–Crippen LogP) is 2.36. The molecule has 6 nitrogen and oxygen atoms in total. The maximum absolute atomic E-state index is 11.7. The number of carbonyl (C=O) groups excluding carboxylic acids is 1. The van der Waals surface area contributed by atoms with Gasteiger partial charge in [0, 0.05) is 11.6 Å². The molecule has 1 heterocycles. The van der Waals surface area contributed by atoms with E-state index in [9.17, 15) is 15.0 Å². The van der Waals surface area contributed by atoms with Gasteiger partial charge in [-0.2, -0.15) is 5.10 Å². The summed E-state index contributed by atoms with van der Waals surface area (Å²) >= 11 is 0. The van der Waals surface area contributed by atoms with E-state index in [1.807, 2.05) is 31.2 Å². The van der Waals surface area contributed by atoms with E-state index < -0.39 is 5.91 Å². The molecule has 3 rings (SSSR count). The van der Waals surface area contributed by atoms with Gasteiger partial charge in [-0.3, -0.25) is 4.79 Å². The van der Waals surface area contributed by atoms with E-state index >= 15 is 0 Å². The van der Waals surface area contributed by atoms with Crippen LogP contribution >= 0.6 is 0 Å². The minimum absolute atomic E-state index is 0.0560. The molecule has 0 saturated heterocycles. The van der Waals surface area contributed by atoms with Crippen LogP contribution in [-0.4, -0.2) is 25.9 Å². The molecule has 23 heavy (non-hydrogen) atoms. The van der Waals surface area contributed by atoms with Crippen molar-refractivity contribution in [2.75, 3.05) is 0 Å². The van der Waals surface area contributed by atoms with Crippen molar-refractivity contribution in [1.82, 2.24) is 9.78 Å². The molecule has 0 unspecified atom stereocenters. The smallest absolute Gasteiger partial charge is 0.267 e. The summed E-state index contributed by atoms with van der Waals surface area (Å²) < 4.78 is 1.44. The first kappa shape index (κ1) is 14.6. The Bertz CT molecular complexity index is 900. The average Bonchev–Trinajstić information content (AvgIpc) is 2.92. The molecule has 0 atom stereocenters. The zero-order valence-corrected chi connectivity index (χ0v) is 12.4. The van der Waals surface area contributed by atoms with Crippen LogP contribution in [0.5, 0.6) is 11.5 Å². The number of hydrogen-bond donors (Lipinski definition) is 3. The SMILES string of the molecule is Cc1cccc(-n2nc(-c3ccc(O)cc3O)cc2C(N)=O)c1. The first-order chi connectivity index (χ1) is 11.0. The number of aryl methyl sites for hydroxylation is 1. The highest BCUT2D eigenvalue weighted by Gasteiger charge is 2.17. The molecule has 116 valence electrons. The summed E-state index contributed by atoms with van der Waals surface area (Å²) in [7, 11) is 0. The van der Waals surface area contributed by atoms with Gasteiger partial charge in [0.1, 0.15) is 17.2 Å². The van der Waals surface area contributed by atoms with E-state index in [1.54, 1.807) is 0 Å². The Kier molecular flexibility index (Phi) is 3.50. The van der Waals surface area contributed by atoms with Crippen molar-refractivity contribution in [1.29, 1.82) is 0 Å². The number of nitrogens with two attached hydrogens (primary N) is 1. The highest BCUT2D eigenvalue weighted by Crippen LogP contribution is 2.32. The molecule has 0 bridgehead atoms. The first-order valence-corrected chi connectivity index (χ1v) is 6.95. The molecular formula is C17H15N3O3. The van der Waals surface area contributed by atoms with Crippen molar-refractivity contribution in [3.63, 3.8) is 0 Å². The molecule has 6 heteroatoms. The van der Waals surface area contributed by atoms with Crippen LogP contribution in [0.4, 0.5) is 0 Å². The quantitative estimate of drug-likeness (QED) is 0.691. The highest BCUT2D eigenvalue weighted by molar-refractivity contribution is 5.93. The maximum atomic E-state index is 11.7.